The van der Waals surface area contributed by atoms with Crippen molar-refractivity contribution in [1.82, 2.24) is 0 Å². The Morgan fingerprint density at radius 1 is 0.909 bits per heavy atom. The smallest absolute Gasteiger partial charge is 0.0130 e. The first kappa shape index (κ1) is 6.05. The van der Waals surface area contributed by atoms with E-state index in [1.165, 1.54) is 25.7 Å². The maximum atomic E-state index is 2.44. The summed E-state index contributed by atoms with van der Waals surface area (Å²) in [5, 5.41) is 0. The van der Waals surface area contributed by atoms with Crippen molar-refractivity contribution in [1.29, 1.82) is 0 Å². The first-order chi connectivity index (χ1) is 5.43. The van der Waals surface area contributed by atoms with Crippen molar-refractivity contribution in [3.8, 4) is 0 Å². The maximum absolute atomic E-state index is 2.44. The van der Waals surface area contributed by atoms with E-state index in [1.54, 1.807) is 0 Å². The summed E-state index contributed by atoms with van der Waals surface area (Å²) < 4.78 is 0. The van der Waals surface area contributed by atoms with Crippen molar-refractivity contribution in [2.75, 3.05) is 0 Å². The zero-order valence-electron chi connectivity index (χ0n) is 6.79. The maximum Gasteiger partial charge on any atom is 0.0130 e. The molecule has 0 amide bonds. The number of hydrogen-bond acceptors (Lipinski definition) is 0. The predicted molar refractivity (Wildman–Crippen MR) is 46.2 cm³/mol. The van der Waals surface area contributed by atoms with Gasteiger partial charge in [-0.1, -0.05) is 37.1 Å². The molecule has 2 atom stereocenters. The SMILES string of the molecule is C1=CC2(C=C1)C1CCCCC12. The second-order valence-electron chi connectivity index (χ2n) is 4.22. The van der Waals surface area contributed by atoms with Gasteiger partial charge in [0, 0.05) is 5.41 Å². The Balaban J connectivity index is 1.92. The van der Waals surface area contributed by atoms with Crippen LogP contribution in [0.3, 0.4) is 0 Å². The van der Waals surface area contributed by atoms with Crippen LogP contribution in [0, 0.1) is 17.3 Å². The minimum absolute atomic E-state index is 0.580. The Hall–Kier alpha value is -0.520. The molecule has 58 valence electrons. The molecule has 3 aliphatic rings. The lowest BCUT2D eigenvalue weighted by Gasteiger charge is -2.04. The van der Waals surface area contributed by atoms with Crippen LogP contribution in [-0.2, 0) is 0 Å². The average molecular weight is 146 g/mol. The van der Waals surface area contributed by atoms with Crippen LogP contribution in [0.25, 0.3) is 0 Å². The largest absolute Gasteiger partial charge is 0.0740 e. The van der Waals surface area contributed by atoms with Gasteiger partial charge in [-0.15, -0.1) is 0 Å². The fraction of sp³-hybridized carbons (Fsp3) is 0.636. The van der Waals surface area contributed by atoms with Crippen LogP contribution in [0.5, 0.6) is 0 Å². The fourth-order valence-corrected chi connectivity index (χ4v) is 3.21. The summed E-state index contributed by atoms with van der Waals surface area (Å²) in [6, 6.07) is 0. The van der Waals surface area contributed by atoms with Crippen LogP contribution in [-0.4, -0.2) is 0 Å². The summed E-state index contributed by atoms with van der Waals surface area (Å²) in [5.41, 5.74) is 0.580. The lowest BCUT2D eigenvalue weighted by molar-refractivity contribution is 0.480. The molecule has 3 aliphatic carbocycles. The van der Waals surface area contributed by atoms with Gasteiger partial charge in [-0.3, -0.25) is 0 Å². The molecule has 0 radical (unpaired) electrons. The van der Waals surface area contributed by atoms with Crippen LogP contribution in [0.1, 0.15) is 25.7 Å². The molecule has 3 rings (SSSR count). The zero-order valence-corrected chi connectivity index (χ0v) is 6.79. The van der Waals surface area contributed by atoms with Gasteiger partial charge in [-0.25, -0.2) is 0 Å². The molecule has 0 aromatic rings. The van der Waals surface area contributed by atoms with Crippen LogP contribution in [0.4, 0.5) is 0 Å². The van der Waals surface area contributed by atoms with Crippen molar-refractivity contribution in [2.45, 2.75) is 25.7 Å². The van der Waals surface area contributed by atoms with E-state index in [2.05, 4.69) is 24.3 Å². The van der Waals surface area contributed by atoms with Crippen molar-refractivity contribution in [2.24, 2.45) is 17.3 Å². The van der Waals surface area contributed by atoms with E-state index in [-0.39, 0.29) is 0 Å². The summed E-state index contributed by atoms with van der Waals surface area (Å²) in [7, 11) is 0. The molecule has 0 aliphatic heterocycles. The van der Waals surface area contributed by atoms with Gasteiger partial charge in [0.2, 0.25) is 0 Å². The molecule has 0 aromatic heterocycles. The highest BCUT2D eigenvalue weighted by Gasteiger charge is 2.61. The van der Waals surface area contributed by atoms with Crippen molar-refractivity contribution < 1.29 is 0 Å². The van der Waals surface area contributed by atoms with Gasteiger partial charge in [-0.2, -0.15) is 0 Å². The van der Waals surface area contributed by atoms with Gasteiger partial charge < -0.3 is 0 Å². The van der Waals surface area contributed by atoms with E-state index >= 15 is 0 Å². The molecule has 2 unspecified atom stereocenters. The molecule has 0 nitrogen and oxygen atoms in total. The minimum atomic E-state index is 0.580. The molecule has 0 bridgehead atoms. The van der Waals surface area contributed by atoms with E-state index < -0.39 is 0 Å². The normalized spacial score (nSPS) is 42.9. The number of allylic oxidation sites excluding steroid dienone is 4. The molecule has 0 aromatic carbocycles. The molecule has 0 N–H and O–H groups in total. The first-order valence-electron chi connectivity index (χ1n) is 4.80. The Labute approximate surface area is 68.0 Å². The molecule has 2 saturated carbocycles. The topological polar surface area (TPSA) is 0 Å². The van der Waals surface area contributed by atoms with E-state index in [1.807, 2.05) is 0 Å². The number of rotatable bonds is 0. The lowest BCUT2D eigenvalue weighted by atomic mass is 10.0. The lowest BCUT2D eigenvalue weighted by Crippen LogP contribution is -1.91. The van der Waals surface area contributed by atoms with Crippen molar-refractivity contribution in [3.05, 3.63) is 24.3 Å². The zero-order chi connectivity index (χ0) is 7.31. The molecule has 0 heterocycles. The summed E-state index contributed by atoms with van der Waals surface area (Å²) in [4.78, 5) is 0. The van der Waals surface area contributed by atoms with Gasteiger partial charge in [0.25, 0.3) is 0 Å². The van der Waals surface area contributed by atoms with E-state index in [0.717, 1.165) is 11.8 Å². The van der Waals surface area contributed by atoms with E-state index in [9.17, 15) is 0 Å². The minimum Gasteiger partial charge on any atom is -0.0740 e. The quantitative estimate of drug-likeness (QED) is 0.493. The Morgan fingerprint density at radius 3 is 2.00 bits per heavy atom. The Bertz CT molecular complexity index is 208. The molecule has 0 heteroatoms. The molecular formula is C11H14. The summed E-state index contributed by atoms with van der Waals surface area (Å²) in [6.45, 7) is 0. The second-order valence-corrected chi connectivity index (χ2v) is 4.22. The second kappa shape index (κ2) is 1.80. The van der Waals surface area contributed by atoms with Crippen molar-refractivity contribution >= 4 is 0 Å². The van der Waals surface area contributed by atoms with Crippen LogP contribution in [0.2, 0.25) is 0 Å². The Kier molecular flexibility index (Phi) is 0.988. The summed E-state index contributed by atoms with van der Waals surface area (Å²) in [6.07, 6.45) is 15.3. The highest BCUT2D eigenvalue weighted by Crippen LogP contribution is 2.68. The van der Waals surface area contributed by atoms with Crippen LogP contribution < -0.4 is 0 Å². The van der Waals surface area contributed by atoms with Gasteiger partial charge in [0.1, 0.15) is 0 Å². The monoisotopic (exact) mass is 146 g/mol. The van der Waals surface area contributed by atoms with Gasteiger partial charge in [-0.05, 0) is 24.7 Å². The number of hydrogen-bond donors (Lipinski definition) is 0. The fourth-order valence-electron chi connectivity index (χ4n) is 3.21. The highest BCUT2D eigenvalue weighted by molar-refractivity contribution is 5.37. The third-order valence-electron chi connectivity index (χ3n) is 3.82. The third-order valence-corrected chi connectivity index (χ3v) is 3.82. The van der Waals surface area contributed by atoms with E-state index in [4.69, 9.17) is 0 Å². The highest BCUT2D eigenvalue weighted by atomic mass is 14.6. The predicted octanol–water partition coefficient (Wildman–Crippen LogP) is 2.92. The van der Waals surface area contributed by atoms with Crippen LogP contribution >= 0.6 is 0 Å². The standard InChI is InChI=1S/C11H14/c1-2-6-10-9(5-1)11(10)7-3-4-8-11/h3-4,7-10H,1-2,5-6H2. The molecule has 2 fully saturated rings. The van der Waals surface area contributed by atoms with Gasteiger partial charge in [0.05, 0.1) is 0 Å². The van der Waals surface area contributed by atoms with E-state index in [0.29, 0.717) is 5.41 Å². The summed E-state index contributed by atoms with van der Waals surface area (Å²) in [5.74, 6) is 2.07. The first-order valence-corrected chi connectivity index (χ1v) is 4.80. The van der Waals surface area contributed by atoms with Gasteiger partial charge >= 0.3 is 0 Å². The summed E-state index contributed by atoms with van der Waals surface area (Å²) >= 11 is 0. The third kappa shape index (κ3) is 0.610. The Morgan fingerprint density at radius 2 is 1.45 bits per heavy atom. The average Bonchev–Trinajstić information content (AvgIpc) is 2.43. The van der Waals surface area contributed by atoms with Crippen LogP contribution in [0.15, 0.2) is 24.3 Å². The molecule has 11 heavy (non-hydrogen) atoms. The molecular weight excluding hydrogens is 132 g/mol. The molecule has 0 saturated heterocycles. The van der Waals surface area contributed by atoms with Gasteiger partial charge in [0.15, 0.2) is 0 Å². The molecule has 1 spiro atoms. The van der Waals surface area contributed by atoms with Crippen molar-refractivity contribution in [3.63, 3.8) is 0 Å². The number of fused-ring (bicyclic) bond motifs is 3.